The van der Waals surface area contributed by atoms with Crippen LogP contribution in [0.25, 0.3) is 0 Å². The molecule has 2 N–H and O–H groups in total. The van der Waals surface area contributed by atoms with Gasteiger partial charge in [0.1, 0.15) is 11.7 Å². The van der Waals surface area contributed by atoms with E-state index in [-0.39, 0.29) is 6.04 Å². The Hall–Kier alpha value is -1.07. The van der Waals surface area contributed by atoms with Crippen LogP contribution in [0.15, 0.2) is 17.5 Å². The minimum absolute atomic E-state index is 0.299. The van der Waals surface area contributed by atoms with E-state index in [0.717, 1.165) is 11.3 Å². The van der Waals surface area contributed by atoms with Crippen LogP contribution < -0.4 is 5.32 Å². The van der Waals surface area contributed by atoms with E-state index in [1.165, 1.54) is 43.4 Å². The SMILES string of the molecule is CC(C)(C)OC(=O)NC(CC1CCCCC1)C(O)c1cccs1. The lowest BCUT2D eigenvalue weighted by Crippen LogP contribution is -2.43. The van der Waals surface area contributed by atoms with Gasteiger partial charge in [0, 0.05) is 4.88 Å². The van der Waals surface area contributed by atoms with Crippen molar-refractivity contribution in [2.75, 3.05) is 0 Å². The molecule has 5 heteroatoms. The summed E-state index contributed by atoms with van der Waals surface area (Å²) in [6.45, 7) is 5.54. The van der Waals surface area contributed by atoms with Crippen molar-refractivity contribution in [1.29, 1.82) is 0 Å². The van der Waals surface area contributed by atoms with E-state index in [1.54, 1.807) is 0 Å². The molecule has 0 saturated heterocycles. The first-order valence-electron chi connectivity index (χ1n) is 8.56. The lowest BCUT2D eigenvalue weighted by Gasteiger charge is -2.30. The normalized spacial score (nSPS) is 19.1. The summed E-state index contributed by atoms with van der Waals surface area (Å²) in [5.74, 6) is 0.568. The Morgan fingerprint density at radius 1 is 1.39 bits per heavy atom. The molecule has 1 aliphatic rings. The van der Waals surface area contributed by atoms with E-state index >= 15 is 0 Å². The second-order valence-corrected chi connectivity index (χ2v) is 8.43. The van der Waals surface area contributed by atoms with Gasteiger partial charge in [-0.25, -0.2) is 4.79 Å². The third-order valence-corrected chi connectivity index (χ3v) is 5.17. The Labute approximate surface area is 143 Å². The van der Waals surface area contributed by atoms with Crippen LogP contribution in [0.3, 0.4) is 0 Å². The van der Waals surface area contributed by atoms with E-state index in [0.29, 0.717) is 5.92 Å². The molecule has 0 spiro atoms. The van der Waals surface area contributed by atoms with Crippen molar-refractivity contribution in [3.63, 3.8) is 0 Å². The van der Waals surface area contributed by atoms with Crippen molar-refractivity contribution < 1.29 is 14.6 Å². The van der Waals surface area contributed by atoms with Crippen molar-refractivity contribution in [3.8, 4) is 0 Å². The first-order valence-corrected chi connectivity index (χ1v) is 9.44. The van der Waals surface area contributed by atoms with Crippen LogP contribution in [0, 0.1) is 5.92 Å². The lowest BCUT2D eigenvalue weighted by atomic mass is 9.83. The summed E-state index contributed by atoms with van der Waals surface area (Å²) in [5, 5.41) is 15.5. The van der Waals surface area contributed by atoms with Crippen molar-refractivity contribution in [2.45, 2.75) is 77.0 Å². The predicted octanol–water partition coefficient (Wildman–Crippen LogP) is 4.65. The van der Waals surface area contributed by atoms with E-state index in [4.69, 9.17) is 4.74 Å². The fourth-order valence-electron chi connectivity index (χ4n) is 3.17. The molecule has 130 valence electrons. The molecule has 1 saturated carbocycles. The minimum atomic E-state index is -0.676. The average molecular weight is 340 g/mol. The molecule has 1 aromatic rings. The number of aliphatic hydroxyl groups excluding tert-OH is 1. The first kappa shape index (κ1) is 18.3. The largest absolute Gasteiger partial charge is 0.444 e. The second-order valence-electron chi connectivity index (χ2n) is 7.45. The number of hydrogen-bond donors (Lipinski definition) is 2. The summed E-state index contributed by atoms with van der Waals surface area (Å²) in [6, 6.07) is 3.54. The van der Waals surface area contributed by atoms with Gasteiger partial charge in [-0.05, 0) is 44.6 Å². The van der Waals surface area contributed by atoms with Crippen LogP contribution in [0.2, 0.25) is 0 Å². The summed E-state index contributed by atoms with van der Waals surface area (Å²) >= 11 is 1.52. The van der Waals surface area contributed by atoms with Gasteiger partial charge in [-0.15, -0.1) is 11.3 Å². The topological polar surface area (TPSA) is 58.6 Å². The van der Waals surface area contributed by atoms with Crippen LogP contribution in [-0.4, -0.2) is 22.8 Å². The van der Waals surface area contributed by atoms with Crippen molar-refractivity contribution in [3.05, 3.63) is 22.4 Å². The van der Waals surface area contributed by atoms with Gasteiger partial charge >= 0.3 is 6.09 Å². The zero-order valence-electron chi connectivity index (χ0n) is 14.4. The zero-order valence-corrected chi connectivity index (χ0v) is 15.2. The van der Waals surface area contributed by atoms with Crippen LogP contribution in [0.5, 0.6) is 0 Å². The molecule has 0 aliphatic heterocycles. The smallest absolute Gasteiger partial charge is 0.407 e. The fourth-order valence-corrected chi connectivity index (χ4v) is 3.94. The minimum Gasteiger partial charge on any atom is -0.444 e. The summed E-state index contributed by atoms with van der Waals surface area (Å²) in [5.41, 5.74) is -0.534. The Morgan fingerprint density at radius 2 is 2.09 bits per heavy atom. The average Bonchev–Trinajstić information content (AvgIpc) is 2.99. The van der Waals surface area contributed by atoms with E-state index in [9.17, 15) is 9.90 Å². The highest BCUT2D eigenvalue weighted by atomic mass is 32.1. The number of alkyl carbamates (subject to hydrolysis) is 1. The maximum atomic E-state index is 12.1. The van der Waals surface area contributed by atoms with Crippen LogP contribution >= 0.6 is 11.3 Å². The number of rotatable bonds is 5. The number of aliphatic hydroxyl groups is 1. The molecule has 0 aromatic carbocycles. The maximum Gasteiger partial charge on any atom is 0.407 e. The summed E-state index contributed by atoms with van der Waals surface area (Å²) in [7, 11) is 0. The van der Waals surface area contributed by atoms with Gasteiger partial charge in [0.05, 0.1) is 6.04 Å². The molecular formula is C18H29NO3S. The molecule has 23 heavy (non-hydrogen) atoms. The Kier molecular flexibility index (Phi) is 6.48. The summed E-state index contributed by atoms with van der Waals surface area (Å²) in [6.07, 6.45) is 5.84. The zero-order chi connectivity index (χ0) is 16.9. The van der Waals surface area contributed by atoms with Crippen LogP contribution in [0.1, 0.15) is 70.3 Å². The third kappa shape index (κ3) is 6.15. The molecule has 1 aromatic heterocycles. The molecule has 1 heterocycles. The molecule has 1 aliphatic carbocycles. The first-order chi connectivity index (χ1) is 10.8. The van der Waals surface area contributed by atoms with E-state index < -0.39 is 17.8 Å². The highest BCUT2D eigenvalue weighted by Gasteiger charge is 2.29. The van der Waals surface area contributed by atoms with Gasteiger partial charge in [0.25, 0.3) is 0 Å². The number of nitrogens with one attached hydrogen (secondary N) is 1. The number of hydrogen-bond acceptors (Lipinski definition) is 4. The van der Waals surface area contributed by atoms with Gasteiger partial charge in [-0.2, -0.15) is 0 Å². The number of carbonyl (C=O) groups is 1. The Morgan fingerprint density at radius 3 is 2.65 bits per heavy atom. The van der Waals surface area contributed by atoms with Crippen molar-refractivity contribution in [1.82, 2.24) is 5.32 Å². The quantitative estimate of drug-likeness (QED) is 0.821. The summed E-state index contributed by atoms with van der Waals surface area (Å²) < 4.78 is 5.37. The Bertz CT molecular complexity index is 475. The monoisotopic (exact) mass is 339 g/mol. The molecule has 2 atom stereocenters. The van der Waals surface area contributed by atoms with E-state index in [2.05, 4.69) is 5.32 Å². The molecule has 2 unspecified atom stereocenters. The number of carbonyl (C=O) groups excluding carboxylic acids is 1. The van der Waals surface area contributed by atoms with E-state index in [1.807, 2.05) is 38.3 Å². The maximum absolute atomic E-state index is 12.1. The third-order valence-electron chi connectivity index (χ3n) is 4.23. The standard InChI is InChI=1S/C18H29NO3S/c1-18(2,3)22-17(21)19-14(12-13-8-5-4-6-9-13)16(20)15-10-7-11-23-15/h7,10-11,13-14,16,20H,4-6,8-9,12H2,1-3H3,(H,19,21). The van der Waals surface area contributed by atoms with Gasteiger partial charge in [0.15, 0.2) is 0 Å². The van der Waals surface area contributed by atoms with Crippen molar-refractivity contribution in [2.24, 2.45) is 5.92 Å². The van der Waals surface area contributed by atoms with Crippen LogP contribution in [0.4, 0.5) is 4.79 Å². The second kappa shape index (κ2) is 8.15. The molecule has 2 rings (SSSR count). The highest BCUT2D eigenvalue weighted by molar-refractivity contribution is 7.10. The molecule has 4 nitrogen and oxygen atoms in total. The molecule has 1 amide bonds. The van der Waals surface area contributed by atoms with Crippen LogP contribution in [-0.2, 0) is 4.74 Å². The fraction of sp³-hybridized carbons (Fsp3) is 0.722. The van der Waals surface area contributed by atoms with Gasteiger partial charge in [-0.3, -0.25) is 0 Å². The van der Waals surface area contributed by atoms with Gasteiger partial charge in [0.2, 0.25) is 0 Å². The number of thiophene rings is 1. The lowest BCUT2D eigenvalue weighted by molar-refractivity contribution is 0.0394. The molecule has 0 radical (unpaired) electrons. The molecule has 0 bridgehead atoms. The predicted molar refractivity (Wildman–Crippen MR) is 93.6 cm³/mol. The van der Waals surface area contributed by atoms with Gasteiger partial charge < -0.3 is 15.2 Å². The highest BCUT2D eigenvalue weighted by Crippen LogP contribution is 2.32. The number of amides is 1. The van der Waals surface area contributed by atoms with Gasteiger partial charge in [-0.1, -0.05) is 38.2 Å². The Balaban J connectivity index is 2.02. The number of ether oxygens (including phenoxy) is 1. The molecule has 1 fully saturated rings. The summed E-state index contributed by atoms with van der Waals surface area (Å²) in [4.78, 5) is 13.0. The molecular weight excluding hydrogens is 310 g/mol. The van der Waals surface area contributed by atoms with Crippen molar-refractivity contribution >= 4 is 17.4 Å².